The topological polar surface area (TPSA) is 78.0 Å². The molecule has 168 valence electrons. The molecule has 3 heterocycles. The van der Waals surface area contributed by atoms with Crippen molar-refractivity contribution >= 4 is 22.9 Å². The van der Waals surface area contributed by atoms with Gasteiger partial charge in [-0.25, -0.2) is 15.0 Å². The third-order valence-electron chi connectivity index (χ3n) is 6.23. The molecule has 2 aromatic heterocycles. The lowest BCUT2D eigenvalue weighted by Gasteiger charge is -2.33. The minimum absolute atomic E-state index is 0.0528. The van der Waals surface area contributed by atoms with E-state index in [1.807, 2.05) is 73.4 Å². The fourth-order valence-electron chi connectivity index (χ4n) is 4.59. The van der Waals surface area contributed by atoms with Crippen LogP contribution in [0.1, 0.15) is 40.6 Å². The molecule has 1 saturated heterocycles. The van der Waals surface area contributed by atoms with Gasteiger partial charge in [0, 0.05) is 50.4 Å². The molecule has 4 aromatic rings. The number of carbonyl (C=O) groups is 1. The minimum Gasteiger partial charge on any atom is -0.347 e. The van der Waals surface area contributed by atoms with Crippen molar-refractivity contribution in [2.45, 2.75) is 25.7 Å². The van der Waals surface area contributed by atoms with Gasteiger partial charge in [0.25, 0.3) is 5.91 Å². The van der Waals surface area contributed by atoms with Gasteiger partial charge in [-0.2, -0.15) is 0 Å². The third-order valence-corrected chi connectivity index (χ3v) is 6.23. The van der Waals surface area contributed by atoms with Crippen LogP contribution in [0.5, 0.6) is 0 Å². The van der Waals surface area contributed by atoms with Crippen LogP contribution in [0.15, 0.2) is 54.7 Å². The Bertz CT molecular complexity index is 1300. The zero-order valence-electron chi connectivity index (χ0n) is 19.2. The number of carbonyl (C=O) groups excluding carboxylic acids is 1. The molecule has 7 nitrogen and oxygen atoms in total. The number of amides is 1. The Balaban J connectivity index is 1.46. The van der Waals surface area contributed by atoms with Crippen LogP contribution in [-0.2, 0) is 0 Å². The Hall–Kier alpha value is -3.74. The van der Waals surface area contributed by atoms with E-state index in [1.165, 1.54) is 0 Å². The van der Waals surface area contributed by atoms with Gasteiger partial charge in [-0.15, -0.1) is 0 Å². The van der Waals surface area contributed by atoms with Gasteiger partial charge in [-0.05, 0) is 43.5 Å². The Morgan fingerprint density at radius 1 is 1.12 bits per heavy atom. The van der Waals surface area contributed by atoms with Crippen LogP contribution < -0.4 is 4.90 Å². The van der Waals surface area contributed by atoms with Crippen molar-refractivity contribution in [2.24, 2.45) is 0 Å². The SMILES string of the molecule is Cc1nc2ccc(C(=O)N3CCCC(c4nc(N(C)C)ncc4-c4ccccc4)C3)cc2[nH]1. The van der Waals surface area contributed by atoms with Gasteiger partial charge in [0.1, 0.15) is 5.82 Å². The van der Waals surface area contributed by atoms with E-state index in [9.17, 15) is 4.79 Å². The summed E-state index contributed by atoms with van der Waals surface area (Å²) in [6.07, 6.45) is 3.85. The lowest BCUT2D eigenvalue weighted by Crippen LogP contribution is -2.39. The Labute approximate surface area is 193 Å². The zero-order valence-corrected chi connectivity index (χ0v) is 19.2. The number of anilines is 1. The van der Waals surface area contributed by atoms with Gasteiger partial charge in [0.2, 0.25) is 5.95 Å². The summed E-state index contributed by atoms with van der Waals surface area (Å²) in [4.78, 5) is 34.5. The molecular formula is C26H28N6O. The molecule has 5 rings (SSSR count). The molecular weight excluding hydrogens is 412 g/mol. The van der Waals surface area contributed by atoms with E-state index >= 15 is 0 Å². The molecule has 0 spiro atoms. The second-order valence-corrected chi connectivity index (χ2v) is 8.87. The number of hydrogen-bond donors (Lipinski definition) is 1. The maximum Gasteiger partial charge on any atom is 0.253 e. The van der Waals surface area contributed by atoms with Gasteiger partial charge in [-0.1, -0.05) is 30.3 Å². The van der Waals surface area contributed by atoms with E-state index in [-0.39, 0.29) is 11.8 Å². The summed E-state index contributed by atoms with van der Waals surface area (Å²) in [6, 6.07) is 15.9. The third kappa shape index (κ3) is 4.18. The predicted octanol–water partition coefficient (Wildman–Crippen LogP) is 4.41. The summed E-state index contributed by atoms with van der Waals surface area (Å²) >= 11 is 0. The van der Waals surface area contributed by atoms with Gasteiger partial charge in [-0.3, -0.25) is 4.79 Å². The maximum absolute atomic E-state index is 13.4. The van der Waals surface area contributed by atoms with Crippen LogP contribution in [0, 0.1) is 6.92 Å². The first kappa shape index (κ1) is 21.1. The number of rotatable bonds is 4. The smallest absolute Gasteiger partial charge is 0.253 e. The number of H-pyrrole nitrogens is 1. The van der Waals surface area contributed by atoms with E-state index in [0.717, 1.165) is 53.1 Å². The molecule has 1 unspecified atom stereocenters. The van der Waals surface area contributed by atoms with Crippen LogP contribution in [-0.4, -0.2) is 57.9 Å². The molecule has 1 aliphatic heterocycles. The molecule has 0 aliphatic carbocycles. The van der Waals surface area contributed by atoms with Crippen molar-refractivity contribution in [3.05, 3.63) is 71.8 Å². The van der Waals surface area contributed by atoms with Crippen LogP contribution >= 0.6 is 0 Å². The molecule has 2 aromatic carbocycles. The van der Waals surface area contributed by atoms with Crippen molar-refractivity contribution in [3.63, 3.8) is 0 Å². The molecule has 33 heavy (non-hydrogen) atoms. The lowest BCUT2D eigenvalue weighted by molar-refractivity contribution is 0.0706. The average Bonchev–Trinajstić information content (AvgIpc) is 3.23. The largest absolute Gasteiger partial charge is 0.347 e. The second-order valence-electron chi connectivity index (χ2n) is 8.87. The molecule has 0 radical (unpaired) electrons. The first-order valence-corrected chi connectivity index (χ1v) is 11.3. The number of aromatic amines is 1. The number of nitrogens with zero attached hydrogens (tertiary/aromatic N) is 5. The van der Waals surface area contributed by atoms with Crippen molar-refractivity contribution < 1.29 is 4.79 Å². The van der Waals surface area contributed by atoms with E-state index in [2.05, 4.69) is 27.1 Å². The number of imidazole rings is 1. The average molecular weight is 441 g/mol. The number of nitrogens with one attached hydrogen (secondary N) is 1. The molecule has 0 bridgehead atoms. The lowest BCUT2D eigenvalue weighted by atomic mass is 9.89. The van der Waals surface area contributed by atoms with Crippen molar-refractivity contribution in [1.82, 2.24) is 24.8 Å². The Kier molecular flexibility index (Phi) is 5.54. The monoisotopic (exact) mass is 440 g/mol. The van der Waals surface area contributed by atoms with Crippen LogP contribution in [0.2, 0.25) is 0 Å². The highest BCUT2D eigenvalue weighted by Crippen LogP contribution is 2.34. The number of aryl methyl sites for hydroxylation is 1. The number of hydrogen-bond acceptors (Lipinski definition) is 5. The molecule has 1 fully saturated rings. The van der Waals surface area contributed by atoms with Gasteiger partial charge < -0.3 is 14.8 Å². The first-order valence-electron chi connectivity index (χ1n) is 11.3. The van der Waals surface area contributed by atoms with Gasteiger partial charge in [0.15, 0.2) is 0 Å². The van der Waals surface area contributed by atoms with Gasteiger partial charge >= 0.3 is 0 Å². The Morgan fingerprint density at radius 3 is 2.73 bits per heavy atom. The molecule has 1 atom stereocenters. The highest BCUT2D eigenvalue weighted by molar-refractivity contribution is 5.97. The number of benzene rings is 2. The van der Waals surface area contributed by atoms with Crippen molar-refractivity contribution in [2.75, 3.05) is 32.1 Å². The number of piperidine rings is 1. The zero-order chi connectivity index (χ0) is 22.9. The number of aromatic nitrogens is 4. The maximum atomic E-state index is 13.4. The molecule has 0 saturated carbocycles. The quantitative estimate of drug-likeness (QED) is 0.508. The molecule has 7 heteroatoms. The highest BCUT2D eigenvalue weighted by atomic mass is 16.2. The summed E-state index contributed by atoms with van der Waals surface area (Å²) in [7, 11) is 3.90. The van der Waals surface area contributed by atoms with Crippen molar-refractivity contribution in [3.8, 4) is 11.1 Å². The summed E-state index contributed by atoms with van der Waals surface area (Å²) in [5, 5.41) is 0. The number of likely N-dealkylation sites (tertiary alicyclic amines) is 1. The molecule has 1 N–H and O–H groups in total. The van der Waals surface area contributed by atoms with Crippen molar-refractivity contribution in [1.29, 1.82) is 0 Å². The van der Waals surface area contributed by atoms with E-state index in [1.54, 1.807) is 0 Å². The van der Waals surface area contributed by atoms with Gasteiger partial charge in [0.05, 0.1) is 16.7 Å². The fraction of sp³-hybridized carbons (Fsp3) is 0.308. The van der Waals surface area contributed by atoms with E-state index in [4.69, 9.17) is 4.98 Å². The molecule has 1 amide bonds. The van der Waals surface area contributed by atoms with E-state index < -0.39 is 0 Å². The second kappa shape index (κ2) is 8.65. The summed E-state index contributed by atoms with van der Waals surface area (Å²) in [6.45, 7) is 3.31. The summed E-state index contributed by atoms with van der Waals surface area (Å²) in [5.41, 5.74) is 5.61. The summed E-state index contributed by atoms with van der Waals surface area (Å²) in [5.74, 6) is 1.74. The van der Waals surface area contributed by atoms with E-state index in [0.29, 0.717) is 18.1 Å². The van der Waals surface area contributed by atoms with Crippen LogP contribution in [0.3, 0.4) is 0 Å². The first-order chi connectivity index (χ1) is 16.0. The molecule has 1 aliphatic rings. The fourth-order valence-corrected chi connectivity index (χ4v) is 4.59. The normalized spacial score (nSPS) is 16.2. The van der Waals surface area contributed by atoms with Crippen LogP contribution in [0.4, 0.5) is 5.95 Å². The minimum atomic E-state index is 0.0528. The standard InChI is InChI=1S/C26H28N6O/c1-17-28-22-12-11-19(14-23(22)29-17)25(33)32-13-7-10-20(16-32)24-21(18-8-5-4-6-9-18)15-27-26(30-24)31(2)3/h4-6,8-9,11-12,14-15,20H,7,10,13,16H2,1-3H3,(H,28,29). The predicted molar refractivity (Wildman–Crippen MR) is 131 cm³/mol. The summed E-state index contributed by atoms with van der Waals surface area (Å²) < 4.78 is 0. The Morgan fingerprint density at radius 2 is 1.94 bits per heavy atom. The van der Waals surface area contributed by atoms with Crippen LogP contribution in [0.25, 0.3) is 22.2 Å². The highest BCUT2D eigenvalue weighted by Gasteiger charge is 2.29. The number of fused-ring (bicyclic) bond motifs is 1.